The van der Waals surface area contributed by atoms with E-state index < -0.39 is 51.7 Å². The topological polar surface area (TPSA) is 284 Å². The van der Waals surface area contributed by atoms with Gasteiger partial charge in [0.05, 0.1) is 58.4 Å². The average molecular weight is 776 g/mol. The number of hydrogen-bond donors (Lipinski definition) is 4. The standard InChI is InChI=1S/C10H17NO5S.C9H13NO4.C5H4O3.C4H9NO.CH4O2S.CH4.H2O/c1-17(15)7-8(10(13)14)6-9(12)11-2-4-16-5-3-11;1-7(9(12)13)6-8(11)10-2-4-14-5-3-10;1-3-2-4(6)8-5(3)7;1-3-6-4-2-5-1;1-4(2)3;;/h8H,2-7H2,1H3,(H,13,14);1-6H2,(H,12,13);1-2H2;5H,1-4H2;1H3,(H,2,3);1H4;1H2. The summed E-state index contributed by atoms with van der Waals surface area (Å²) < 4.78 is 46.9. The summed E-state index contributed by atoms with van der Waals surface area (Å²) in [6.07, 6.45) is 2.48. The molecule has 3 atom stereocenters. The molecule has 0 aromatic carbocycles. The van der Waals surface area contributed by atoms with Gasteiger partial charge in [0, 0.05) is 85.9 Å². The lowest BCUT2D eigenvalue weighted by Crippen LogP contribution is -2.42. The molecule has 0 bridgehead atoms. The number of amides is 2. The second-order valence-electron chi connectivity index (χ2n) is 10.4. The molecule has 296 valence electrons. The molecule has 4 aliphatic heterocycles. The molecule has 4 saturated heterocycles. The quantitative estimate of drug-likeness (QED) is 0.0941. The van der Waals surface area contributed by atoms with E-state index in [0.29, 0.717) is 52.6 Å². The van der Waals surface area contributed by atoms with Crippen molar-refractivity contribution >= 4 is 57.6 Å². The Bertz CT molecular complexity index is 1150. The van der Waals surface area contributed by atoms with Gasteiger partial charge < -0.3 is 54.3 Å². The van der Waals surface area contributed by atoms with Gasteiger partial charge in [-0.3, -0.25) is 23.4 Å². The van der Waals surface area contributed by atoms with Gasteiger partial charge in [-0.25, -0.2) is 13.8 Å². The number of cyclic esters (lactones) is 2. The number of carboxylic acids is 2. The molecule has 4 heterocycles. The Labute approximate surface area is 302 Å². The van der Waals surface area contributed by atoms with Crippen molar-refractivity contribution in [3.63, 3.8) is 0 Å². The van der Waals surface area contributed by atoms with Gasteiger partial charge >= 0.3 is 23.9 Å². The molecule has 0 radical (unpaired) electrons. The average Bonchev–Trinajstić information content (AvgIpc) is 3.36. The van der Waals surface area contributed by atoms with Crippen molar-refractivity contribution in [3.8, 4) is 0 Å². The molecule has 4 rings (SSSR count). The molecule has 0 spiro atoms. The summed E-state index contributed by atoms with van der Waals surface area (Å²) in [4.78, 5) is 68.2. The third-order valence-electron chi connectivity index (χ3n) is 6.30. The van der Waals surface area contributed by atoms with Crippen molar-refractivity contribution in [1.82, 2.24) is 15.1 Å². The van der Waals surface area contributed by atoms with Crippen LogP contribution in [-0.4, -0.2) is 171 Å². The van der Waals surface area contributed by atoms with Gasteiger partial charge in [-0.15, -0.1) is 0 Å². The monoisotopic (exact) mass is 775 g/mol. The van der Waals surface area contributed by atoms with Crippen molar-refractivity contribution in [2.75, 3.05) is 97.2 Å². The van der Waals surface area contributed by atoms with E-state index in [1.165, 1.54) is 12.5 Å². The molecule has 3 unspecified atom stereocenters. The highest BCUT2D eigenvalue weighted by Gasteiger charge is 2.26. The van der Waals surface area contributed by atoms with Crippen LogP contribution in [0.2, 0.25) is 0 Å². The maximum absolute atomic E-state index is 11.8. The van der Waals surface area contributed by atoms with Gasteiger partial charge in [0.2, 0.25) is 11.8 Å². The normalized spacial score (nSPS) is 18.1. The van der Waals surface area contributed by atoms with E-state index in [1.54, 1.807) is 9.80 Å². The first-order valence-corrected chi connectivity index (χ1v) is 18.2. The number of esters is 2. The van der Waals surface area contributed by atoms with Gasteiger partial charge in [-0.1, -0.05) is 20.6 Å². The van der Waals surface area contributed by atoms with Crippen LogP contribution in [0.5, 0.6) is 0 Å². The number of hydrogen-bond acceptors (Lipinski definition) is 13. The van der Waals surface area contributed by atoms with Crippen LogP contribution in [0.4, 0.5) is 0 Å². The Kier molecular flexibility index (Phi) is 30.8. The van der Waals surface area contributed by atoms with Crippen molar-refractivity contribution < 1.29 is 76.4 Å². The van der Waals surface area contributed by atoms with Crippen LogP contribution < -0.4 is 5.32 Å². The Balaban J connectivity index is -0.000000606. The van der Waals surface area contributed by atoms with Gasteiger partial charge in [0.25, 0.3) is 0 Å². The minimum absolute atomic E-state index is 0. The molecule has 21 heteroatoms. The van der Waals surface area contributed by atoms with Crippen molar-refractivity contribution in [1.29, 1.82) is 0 Å². The summed E-state index contributed by atoms with van der Waals surface area (Å²) in [5.74, 6) is -4.52. The Morgan fingerprint density at radius 2 is 1.29 bits per heavy atom. The van der Waals surface area contributed by atoms with E-state index in [0.717, 1.165) is 26.3 Å². The van der Waals surface area contributed by atoms with Gasteiger partial charge in [0.15, 0.2) is 0 Å². The number of ether oxygens (including phenoxy) is 4. The minimum atomic E-state index is -1.61. The Morgan fingerprint density at radius 1 is 0.863 bits per heavy atom. The van der Waals surface area contributed by atoms with Crippen LogP contribution in [0, 0.1) is 5.92 Å². The SMILES string of the molecule is C.C1COCCN1.C=C(CC(=O)N1CCOCC1)C(=O)O.C=C1CC(=O)OC1=O.CS(=O)CC(CC(=O)N1CCOCC1)C(=O)O.CS(=O)O.O. The molecule has 51 heavy (non-hydrogen) atoms. The van der Waals surface area contributed by atoms with Crippen LogP contribution >= 0.6 is 0 Å². The number of nitrogens with one attached hydrogen (secondary N) is 1. The zero-order chi connectivity index (χ0) is 37.4. The molecule has 0 saturated carbocycles. The lowest BCUT2D eigenvalue weighted by atomic mass is 10.1. The molecule has 6 N–H and O–H groups in total. The maximum atomic E-state index is 11.8. The second-order valence-corrected chi connectivity index (χ2v) is 12.7. The van der Waals surface area contributed by atoms with E-state index in [-0.39, 0.29) is 60.9 Å². The predicted molar refractivity (Wildman–Crippen MR) is 186 cm³/mol. The molecule has 0 aromatic rings. The molecule has 4 aliphatic rings. The number of aliphatic carboxylic acids is 2. The van der Waals surface area contributed by atoms with Crippen LogP contribution in [-0.2, 0) is 69.6 Å². The Morgan fingerprint density at radius 3 is 1.57 bits per heavy atom. The van der Waals surface area contributed by atoms with Crippen molar-refractivity contribution in [3.05, 3.63) is 24.3 Å². The summed E-state index contributed by atoms with van der Waals surface area (Å²) in [6, 6.07) is 0. The third kappa shape index (κ3) is 27.0. The number of carboxylic acid groups (broad SMARTS) is 2. The summed E-state index contributed by atoms with van der Waals surface area (Å²) in [5.41, 5.74) is 0.177. The number of carbonyl (C=O) groups is 6. The van der Waals surface area contributed by atoms with Gasteiger partial charge in [0.1, 0.15) is 11.1 Å². The van der Waals surface area contributed by atoms with Crippen molar-refractivity contribution in [2.24, 2.45) is 5.92 Å². The van der Waals surface area contributed by atoms with E-state index >= 15 is 0 Å². The summed E-state index contributed by atoms with van der Waals surface area (Å²) in [7, 11) is -1.21. The molecular formula is C30H53N3O16S2. The first-order chi connectivity index (χ1) is 23.0. The summed E-state index contributed by atoms with van der Waals surface area (Å²) >= 11 is -1.61. The largest absolute Gasteiger partial charge is 0.481 e. The fraction of sp³-hybridized carbons (Fsp3) is 0.667. The third-order valence-corrected chi connectivity index (χ3v) is 7.17. The van der Waals surface area contributed by atoms with Crippen LogP contribution in [0.15, 0.2) is 24.3 Å². The number of rotatable bonds is 8. The minimum Gasteiger partial charge on any atom is -0.481 e. The lowest BCUT2D eigenvalue weighted by Gasteiger charge is -2.27. The van der Waals surface area contributed by atoms with Crippen molar-refractivity contribution in [2.45, 2.75) is 26.7 Å². The number of carbonyl (C=O) groups excluding carboxylic acids is 4. The second kappa shape index (κ2) is 30.2. The van der Waals surface area contributed by atoms with Gasteiger partial charge in [-0.2, -0.15) is 0 Å². The highest BCUT2D eigenvalue weighted by Crippen LogP contribution is 2.11. The maximum Gasteiger partial charge on any atom is 0.341 e. The fourth-order valence-corrected chi connectivity index (χ4v) is 4.64. The smallest absolute Gasteiger partial charge is 0.341 e. The molecule has 0 aromatic heterocycles. The van der Waals surface area contributed by atoms with E-state index in [4.69, 9.17) is 33.2 Å². The molecule has 19 nitrogen and oxygen atoms in total. The highest BCUT2D eigenvalue weighted by molar-refractivity contribution is 7.84. The van der Waals surface area contributed by atoms with E-state index in [2.05, 4.69) is 23.2 Å². The van der Waals surface area contributed by atoms with Crippen LogP contribution in [0.25, 0.3) is 0 Å². The first-order valence-electron chi connectivity index (χ1n) is 14.9. The zero-order valence-corrected chi connectivity index (χ0v) is 29.9. The number of nitrogens with zero attached hydrogens (tertiary/aromatic N) is 2. The zero-order valence-electron chi connectivity index (χ0n) is 28.3. The molecule has 0 aliphatic carbocycles. The molecule has 2 amide bonds. The van der Waals surface area contributed by atoms with E-state index in [1.807, 2.05) is 0 Å². The summed E-state index contributed by atoms with van der Waals surface area (Å²) in [5, 5.41) is 20.6. The Hall–Kier alpha value is -3.44. The highest BCUT2D eigenvalue weighted by atomic mass is 32.2. The predicted octanol–water partition coefficient (Wildman–Crippen LogP) is -1.54. The summed E-state index contributed by atoms with van der Waals surface area (Å²) in [6.45, 7) is 14.5. The molecule has 4 fully saturated rings. The van der Waals surface area contributed by atoms with E-state index in [9.17, 15) is 33.0 Å². The first kappa shape index (κ1) is 51.9. The van der Waals surface area contributed by atoms with Crippen LogP contribution in [0.1, 0.15) is 26.7 Å². The molecular weight excluding hydrogens is 722 g/mol. The van der Waals surface area contributed by atoms with Crippen LogP contribution in [0.3, 0.4) is 0 Å². The number of morpholine rings is 3. The lowest BCUT2D eigenvalue weighted by molar-refractivity contribution is -0.151. The van der Waals surface area contributed by atoms with Gasteiger partial charge in [-0.05, 0) is 0 Å². The fourth-order valence-electron chi connectivity index (χ4n) is 3.81.